The van der Waals surface area contributed by atoms with Gasteiger partial charge in [0.2, 0.25) is 0 Å². The molecule has 30 heavy (non-hydrogen) atoms. The van der Waals surface area contributed by atoms with Crippen LogP contribution >= 0.6 is 0 Å². The van der Waals surface area contributed by atoms with E-state index in [-0.39, 0.29) is 31.5 Å². The van der Waals surface area contributed by atoms with Gasteiger partial charge >= 0.3 is 0 Å². The molecule has 2 aromatic carbocycles. The standard InChI is InChI=1S/C23H26N2O5/c1-24(13-14-26)21-20(17-7-5-4-6-8-17)22(27)25(23(21)28)12-11-16-9-10-18(29-2)19(15-16)30-3/h4-10,15,26H,11-14H2,1-3H3. The molecule has 0 unspecified atom stereocenters. The summed E-state index contributed by atoms with van der Waals surface area (Å²) in [5, 5.41) is 9.32. The van der Waals surface area contributed by atoms with Crippen molar-refractivity contribution in [2.24, 2.45) is 0 Å². The van der Waals surface area contributed by atoms with Gasteiger partial charge in [0.1, 0.15) is 5.70 Å². The molecule has 0 atom stereocenters. The van der Waals surface area contributed by atoms with E-state index in [1.165, 1.54) is 4.90 Å². The van der Waals surface area contributed by atoms with Gasteiger partial charge in [-0.05, 0) is 29.7 Å². The van der Waals surface area contributed by atoms with Crippen molar-refractivity contribution in [3.05, 3.63) is 65.4 Å². The third-order valence-electron chi connectivity index (χ3n) is 5.10. The molecule has 158 valence electrons. The lowest BCUT2D eigenvalue weighted by Gasteiger charge is -2.20. The summed E-state index contributed by atoms with van der Waals surface area (Å²) in [5.41, 5.74) is 2.28. The van der Waals surface area contributed by atoms with Crippen LogP contribution in [0.25, 0.3) is 5.57 Å². The molecule has 0 fully saturated rings. The average molecular weight is 410 g/mol. The number of imide groups is 1. The first-order valence-electron chi connectivity index (χ1n) is 9.70. The zero-order valence-corrected chi connectivity index (χ0v) is 17.4. The Morgan fingerprint density at radius 3 is 2.30 bits per heavy atom. The van der Waals surface area contributed by atoms with Crippen LogP contribution in [-0.2, 0) is 16.0 Å². The minimum atomic E-state index is -0.352. The van der Waals surface area contributed by atoms with E-state index in [2.05, 4.69) is 0 Å². The minimum Gasteiger partial charge on any atom is -0.493 e. The van der Waals surface area contributed by atoms with Gasteiger partial charge in [0.15, 0.2) is 11.5 Å². The normalized spacial score (nSPS) is 13.8. The van der Waals surface area contributed by atoms with Crippen LogP contribution < -0.4 is 9.47 Å². The van der Waals surface area contributed by atoms with Crippen molar-refractivity contribution in [2.45, 2.75) is 6.42 Å². The predicted molar refractivity (Wildman–Crippen MR) is 113 cm³/mol. The van der Waals surface area contributed by atoms with Crippen LogP contribution in [0.2, 0.25) is 0 Å². The smallest absolute Gasteiger partial charge is 0.277 e. The number of likely N-dealkylation sites (N-methyl/N-ethyl adjacent to an activating group) is 1. The lowest BCUT2D eigenvalue weighted by Crippen LogP contribution is -2.36. The molecule has 7 nitrogen and oxygen atoms in total. The number of aliphatic hydroxyl groups excluding tert-OH is 1. The second-order valence-corrected chi connectivity index (χ2v) is 6.94. The van der Waals surface area contributed by atoms with E-state index in [4.69, 9.17) is 9.47 Å². The summed E-state index contributed by atoms with van der Waals surface area (Å²) < 4.78 is 10.6. The summed E-state index contributed by atoms with van der Waals surface area (Å²) in [5.74, 6) is 0.540. The van der Waals surface area contributed by atoms with Crippen LogP contribution in [-0.4, -0.2) is 67.7 Å². The van der Waals surface area contributed by atoms with Crippen molar-refractivity contribution in [1.29, 1.82) is 0 Å². The molecule has 0 saturated carbocycles. The number of methoxy groups -OCH3 is 2. The zero-order chi connectivity index (χ0) is 21.7. The molecule has 1 aliphatic rings. The molecule has 3 rings (SSSR count). The van der Waals surface area contributed by atoms with Gasteiger partial charge in [-0.15, -0.1) is 0 Å². The van der Waals surface area contributed by atoms with Crippen molar-refractivity contribution in [3.8, 4) is 11.5 Å². The first kappa shape index (κ1) is 21.4. The lowest BCUT2D eigenvalue weighted by atomic mass is 10.0. The van der Waals surface area contributed by atoms with Crippen molar-refractivity contribution >= 4 is 17.4 Å². The van der Waals surface area contributed by atoms with Crippen LogP contribution in [0.3, 0.4) is 0 Å². The molecule has 2 aromatic rings. The molecule has 7 heteroatoms. The van der Waals surface area contributed by atoms with Gasteiger partial charge in [0.05, 0.1) is 26.4 Å². The monoisotopic (exact) mass is 410 g/mol. The molecule has 0 radical (unpaired) electrons. The van der Waals surface area contributed by atoms with Gasteiger partial charge < -0.3 is 19.5 Å². The second kappa shape index (κ2) is 9.45. The fourth-order valence-corrected chi connectivity index (χ4v) is 3.52. The van der Waals surface area contributed by atoms with E-state index in [1.54, 1.807) is 32.2 Å². The molecule has 0 spiro atoms. The predicted octanol–water partition coefficient (Wildman–Crippen LogP) is 1.95. The van der Waals surface area contributed by atoms with Crippen molar-refractivity contribution in [2.75, 3.05) is 41.0 Å². The van der Waals surface area contributed by atoms with Gasteiger partial charge in [-0.3, -0.25) is 14.5 Å². The number of ether oxygens (including phenoxy) is 2. The number of carbonyl (C=O) groups is 2. The van der Waals surface area contributed by atoms with Crippen molar-refractivity contribution < 1.29 is 24.2 Å². The summed E-state index contributed by atoms with van der Waals surface area (Å²) in [6, 6.07) is 14.7. The average Bonchev–Trinajstić information content (AvgIpc) is 3.02. The van der Waals surface area contributed by atoms with Gasteiger partial charge in [0, 0.05) is 20.1 Å². The van der Waals surface area contributed by atoms with Crippen molar-refractivity contribution in [3.63, 3.8) is 0 Å². The summed E-state index contributed by atoms with van der Waals surface area (Å²) >= 11 is 0. The number of nitrogens with zero attached hydrogens (tertiary/aromatic N) is 2. The summed E-state index contributed by atoms with van der Waals surface area (Å²) in [7, 11) is 4.84. The van der Waals surface area contributed by atoms with Crippen LogP contribution in [0.5, 0.6) is 11.5 Å². The quantitative estimate of drug-likeness (QED) is 0.637. The topological polar surface area (TPSA) is 79.3 Å². The van der Waals surface area contributed by atoms with Crippen LogP contribution in [0, 0.1) is 0 Å². The Balaban J connectivity index is 1.86. The van der Waals surface area contributed by atoms with E-state index in [0.29, 0.717) is 34.8 Å². The molecule has 1 N–H and O–H groups in total. The Labute approximate surface area is 176 Å². The molecular formula is C23H26N2O5. The first-order valence-corrected chi connectivity index (χ1v) is 9.70. The number of benzene rings is 2. The maximum Gasteiger partial charge on any atom is 0.277 e. The summed E-state index contributed by atoms with van der Waals surface area (Å²) in [6.45, 7) is 0.378. The molecule has 2 amide bonds. The zero-order valence-electron chi connectivity index (χ0n) is 17.4. The number of rotatable bonds is 9. The van der Waals surface area contributed by atoms with Gasteiger partial charge in [0.25, 0.3) is 11.8 Å². The molecule has 0 bridgehead atoms. The number of amides is 2. The maximum absolute atomic E-state index is 13.2. The highest BCUT2D eigenvalue weighted by molar-refractivity contribution is 6.35. The van der Waals surface area contributed by atoms with E-state index in [1.807, 2.05) is 42.5 Å². The highest BCUT2D eigenvalue weighted by atomic mass is 16.5. The van der Waals surface area contributed by atoms with Gasteiger partial charge in [-0.25, -0.2) is 0 Å². The van der Waals surface area contributed by atoms with E-state index >= 15 is 0 Å². The van der Waals surface area contributed by atoms with E-state index in [0.717, 1.165) is 5.56 Å². The van der Waals surface area contributed by atoms with Crippen LogP contribution in [0.15, 0.2) is 54.2 Å². The SMILES string of the molecule is COc1ccc(CCN2C(=O)C(c3ccccc3)=C(N(C)CCO)C2=O)cc1OC. The molecule has 1 heterocycles. The number of hydrogen-bond donors (Lipinski definition) is 1. The van der Waals surface area contributed by atoms with Crippen molar-refractivity contribution in [1.82, 2.24) is 9.80 Å². The third kappa shape index (κ3) is 4.16. The molecular weight excluding hydrogens is 384 g/mol. The van der Waals surface area contributed by atoms with Crippen LogP contribution in [0.1, 0.15) is 11.1 Å². The second-order valence-electron chi connectivity index (χ2n) is 6.94. The number of hydrogen-bond acceptors (Lipinski definition) is 6. The highest BCUT2D eigenvalue weighted by Gasteiger charge is 2.40. The third-order valence-corrected chi connectivity index (χ3v) is 5.10. The largest absolute Gasteiger partial charge is 0.493 e. The van der Waals surface area contributed by atoms with Crippen LogP contribution in [0.4, 0.5) is 0 Å². The first-order chi connectivity index (χ1) is 14.5. The highest BCUT2D eigenvalue weighted by Crippen LogP contribution is 2.32. The molecule has 0 aromatic heterocycles. The summed E-state index contributed by atoms with van der Waals surface area (Å²) in [6.07, 6.45) is 0.483. The maximum atomic E-state index is 13.2. The van der Waals surface area contributed by atoms with E-state index in [9.17, 15) is 14.7 Å². The van der Waals surface area contributed by atoms with Gasteiger partial charge in [-0.2, -0.15) is 0 Å². The van der Waals surface area contributed by atoms with E-state index < -0.39 is 0 Å². The number of aliphatic hydroxyl groups is 1. The Kier molecular flexibility index (Phi) is 6.74. The van der Waals surface area contributed by atoms with Gasteiger partial charge in [-0.1, -0.05) is 36.4 Å². The molecule has 1 aliphatic heterocycles. The lowest BCUT2D eigenvalue weighted by molar-refractivity contribution is -0.137. The Bertz CT molecular complexity index is 955. The minimum absolute atomic E-state index is 0.116. The Morgan fingerprint density at radius 1 is 0.967 bits per heavy atom. The Hall–Kier alpha value is -3.32. The fourth-order valence-electron chi connectivity index (χ4n) is 3.52. The molecule has 0 saturated heterocycles. The fraction of sp³-hybridized carbons (Fsp3) is 0.304. The molecule has 0 aliphatic carbocycles. The summed E-state index contributed by atoms with van der Waals surface area (Å²) in [4.78, 5) is 29.2. The Morgan fingerprint density at radius 2 is 1.67 bits per heavy atom. The number of carbonyl (C=O) groups excluding carboxylic acids is 2.